The van der Waals surface area contributed by atoms with E-state index in [4.69, 9.17) is 4.42 Å². The average Bonchev–Trinajstić information content (AvgIpc) is 2.85. The first-order valence-corrected chi connectivity index (χ1v) is 7.13. The highest BCUT2D eigenvalue weighted by atomic mass is 79.9. The molecule has 1 unspecified atom stereocenters. The number of hydrogen-bond donors (Lipinski definition) is 1. The Hall–Kier alpha value is -1.62. The van der Waals surface area contributed by atoms with Crippen LogP contribution in [-0.4, -0.2) is 22.3 Å². The second kappa shape index (κ2) is 6.52. The van der Waals surface area contributed by atoms with Gasteiger partial charge in [-0.25, -0.2) is 4.98 Å². The molecule has 0 aliphatic carbocycles. The molecule has 1 heterocycles. The van der Waals surface area contributed by atoms with Crippen LogP contribution in [-0.2, 0) is 6.42 Å². The number of carbonyl (C=O) groups is 1. The number of oxazole rings is 1. The smallest absolute Gasteiger partial charge is 0.289 e. The van der Waals surface area contributed by atoms with Gasteiger partial charge in [-0.1, -0.05) is 46.3 Å². The number of carbonyl (C=O) groups excluding carboxylic acids is 1. The molecule has 0 saturated heterocycles. The largest absolute Gasteiger partial charge is 0.438 e. The van der Waals surface area contributed by atoms with Crippen LogP contribution in [0.3, 0.4) is 0 Å². The minimum absolute atomic E-state index is 0.0133. The van der Waals surface area contributed by atoms with E-state index in [9.17, 15) is 4.79 Å². The molecule has 1 atom stereocenters. The number of nitrogens with one attached hydrogen (secondary N) is 1. The molecule has 19 heavy (non-hydrogen) atoms. The monoisotopic (exact) mass is 322 g/mol. The Labute approximate surface area is 120 Å². The van der Waals surface area contributed by atoms with Crippen molar-refractivity contribution < 1.29 is 9.21 Å². The Kier molecular flexibility index (Phi) is 4.74. The van der Waals surface area contributed by atoms with E-state index in [0.29, 0.717) is 11.0 Å². The molecule has 1 aromatic heterocycles. The van der Waals surface area contributed by atoms with Gasteiger partial charge in [0.2, 0.25) is 5.76 Å². The Morgan fingerprint density at radius 2 is 2.16 bits per heavy atom. The van der Waals surface area contributed by atoms with E-state index in [1.54, 1.807) is 6.92 Å². The van der Waals surface area contributed by atoms with Gasteiger partial charge in [0, 0.05) is 11.4 Å². The van der Waals surface area contributed by atoms with Gasteiger partial charge in [0.25, 0.3) is 5.91 Å². The molecule has 100 valence electrons. The van der Waals surface area contributed by atoms with E-state index >= 15 is 0 Å². The van der Waals surface area contributed by atoms with E-state index in [1.165, 1.54) is 12.0 Å². The second-order valence-electron chi connectivity index (χ2n) is 4.28. The minimum Gasteiger partial charge on any atom is -0.438 e. The van der Waals surface area contributed by atoms with E-state index in [1.807, 2.05) is 30.3 Å². The van der Waals surface area contributed by atoms with Crippen LogP contribution in [0.1, 0.15) is 21.8 Å². The SMILES string of the molecule is Cc1ncoc1C(=O)NC(CBr)Cc1ccccc1. The maximum atomic E-state index is 12.0. The molecule has 1 amide bonds. The van der Waals surface area contributed by atoms with Gasteiger partial charge >= 0.3 is 0 Å². The summed E-state index contributed by atoms with van der Waals surface area (Å²) in [4.78, 5) is 15.9. The molecule has 1 N–H and O–H groups in total. The number of aromatic nitrogens is 1. The number of rotatable bonds is 5. The predicted octanol–water partition coefficient (Wildman–Crippen LogP) is 2.72. The Balaban J connectivity index is 2.00. The van der Waals surface area contributed by atoms with Crippen molar-refractivity contribution >= 4 is 21.8 Å². The van der Waals surface area contributed by atoms with Gasteiger partial charge in [-0.2, -0.15) is 0 Å². The van der Waals surface area contributed by atoms with Crippen molar-refractivity contribution in [2.24, 2.45) is 0 Å². The van der Waals surface area contributed by atoms with Crippen molar-refractivity contribution in [3.8, 4) is 0 Å². The Bertz CT molecular complexity index is 539. The fourth-order valence-electron chi connectivity index (χ4n) is 1.81. The van der Waals surface area contributed by atoms with Crippen molar-refractivity contribution in [3.63, 3.8) is 0 Å². The van der Waals surface area contributed by atoms with Gasteiger partial charge in [-0.15, -0.1) is 0 Å². The van der Waals surface area contributed by atoms with Crippen LogP contribution < -0.4 is 5.32 Å². The highest BCUT2D eigenvalue weighted by Gasteiger charge is 2.18. The number of nitrogens with zero attached hydrogens (tertiary/aromatic N) is 1. The number of alkyl halides is 1. The van der Waals surface area contributed by atoms with Gasteiger partial charge in [-0.05, 0) is 18.9 Å². The van der Waals surface area contributed by atoms with E-state index in [0.717, 1.165) is 6.42 Å². The molecule has 2 rings (SSSR count). The third-order valence-corrected chi connectivity index (χ3v) is 3.58. The number of halogens is 1. The maximum absolute atomic E-state index is 12.0. The lowest BCUT2D eigenvalue weighted by molar-refractivity contribution is 0.0912. The van der Waals surface area contributed by atoms with Gasteiger partial charge in [-0.3, -0.25) is 4.79 Å². The summed E-state index contributed by atoms with van der Waals surface area (Å²) in [5.41, 5.74) is 1.78. The third kappa shape index (κ3) is 3.67. The quantitative estimate of drug-likeness (QED) is 0.861. The van der Waals surface area contributed by atoms with Crippen LogP contribution in [0.25, 0.3) is 0 Å². The number of benzene rings is 1. The molecule has 0 saturated carbocycles. The zero-order chi connectivity index (χ0) is 13.7. The molecule has 0 radical (unpaired) electrons. The average molecular weight is 323 g/mol. The topological polar surface area (TPSA) is 55.1 Å². The van der Waals surface area contributed by atoms with Crippen molar-refractivity contribution in [3.05, 3.63) is 53.7 Å². The summed E-state index contributed by atoms with van der Waals surface area (Å²) in [6.45, 7) is 1.75. The van der Waals surface area contributed by atoms with Crippen LogP contribution in [0.2, 0.25) is 0 Å². The lowest BCUT2D eigenvalue weighted by atomic mass is 10.1. The lowest BCUT2D eigenvalue weighted by Crippen LogP contribution is -2.37. The molecule has 0 aliphatic heterocycles. The molecule has 5 heteroatoms. The van der Waals surface area contributed by atoms with Crippen LogP contribution in [0, 0.1) is 6.92 Å². The van der Waals surface area contributed by atoms with Crippen LogP contribution >= 0.6 is 15.9 Å². The molecule has 0 aliphatic rings. The second-order valence-corrected chi connectivity index (χ2v) is 4.93. The number of aryl methyl sites for hydroxylation is 1. The fraction of sp³-hybridized carbons (Fsp3) is 0.286. The third-order valence-electron chi connectivity index (χ3n) is 2.80. The summed E-state index contributed by atoms with van der Waals surface area (Å²) in [7, 11) is 0. The van der Waals surface area contributed by atoms with Crippen molar-refractivity contribution in [2.75, 3.05) is 5.33 Å². The summed E-state index contributed by atoms with van der Waals surface area (Å²) in [5.74, 6) is 0.0504. The molecule has 1 aromatic carbocycles. The van der Waals surface area contributed by atoms with Gasteiger partial charge in [0.1, 0.15) is 0 Å². The van der Waals surface area contributed by atoms with E-state index < -0.39 is 0 Å². The van der Waals surface area contributed by atoms with Crippen molar-refractivity contribution in [2.45, 2.75) is 19.4 Å². The van der Waals surface area contributed by atoms with Gasteiger partial charge in [0.15, 0.2) is 6.39 Å². The molecule has 0 spiro atoms. The highest BCUT2D eigenvalue weighted by molar-refractivity contribution is 9.09. The van der Waals surface area contributed by atoms with E-state index in [2.05, 4.69) is 26.2 Å². The number of amides is 1. The first kappa shape index (κ1) is 13.8. The first-order chi connectivity index (χ1) is 9.20. The summed E-state index contributed by atoms with van der Waals surface area (Å²) in [6.07, 6.45) is 2.05. The fourth-order valence-corrected chi connectivity index (χ4v) is 2.20. The molecular weight excluding hydrogens is 308 g/mol. The summed E-state index contributed by atoms with van der Waals surface area (Å²) in [6, 6.07) is 10.1. The van der Waals surface area contributed by atoms with Gasteiger partial charge < -0.3 is 9.73 Å². The zero-order valence-corrected chi connectivity index (χ0v) is 12.2. The van der Waals surface area contributed by atoms with E-state index in [-0.39, 0.29) is 17.7 Å². The Morgan fingerprint density at radius 3 is 2.74 bits per heavy atom. The van der Waals surface area contributed by atoms with Crippen LogP contribution in [0.15, 0.2) is 41.1 Å². The summed E-state index contributed by atoms with van der Waals surface area (Å²) in [5, 5.41) is 3.62. The molecule has 2 aromatic rings. The molecule has 4 nitrogen and oxygen atoms in total. The first-order valence-electron chi connectivity index (χ1n) is 6.01. The summed E-state index contributed by atoms with van der Waals surface area (Å²) < 4.78 is 5.08. The van der Waals surface area contributed by atoms with Crippen LogP contribution in [0.5, 0.6) is 0 Å². The predicted molar refractivity (Wildman–Crippen MR) is 76.4 cm³/mol. The van der Waals surface area contributed by atoms with Gasteiger partial charge in [0.05, 0.1) is 5.69 Å². The standard InChI is InChI=1S/C14H15BrN2O2/c1-10-13(19-9-16-10)14(18)17-12(8-15)7-11-5-3-2-4-6-11/h2-6,9,12H,7-8H2,1H3,(H,17,18). The molecule has 0 bridgehead atoms. The minimum atomic E-state index is -0.226. The molecular formula is C14H15BrN2O2. The van der Waals surface area contributed by atoms with Crippen molar-refractivity contribution in [1.82, 2.24) is 10.3 Å². The Morgan fingerprint density at radius 1 is 1.42 bits per heavy atom. The lowest BCUT2D eigenvalue weighted by Gasteiger charge is -2.15. The maximum Gasteiger partial charge on any atom is 0.289 e. The summed E-state index contributed by atoms with van der Waals surface area (Å²) >= 11 is 3.42. The highest BCUT2D eigenvalue weighted by Crippen LogP contribution is 2.08. The van der Waals surface area contributed by atoms with Crippen molar-refractivity contribution in [1.29, 1.82) is 0 Å². The number of hydrogen-bond acceptors (Lipinski definition) is 3. The van der Waals surface area contributed by atoms with Crippen LogP contribution in [0.4, 0.5) is 0 Å². The molecule has 0 fully saturated rings. The zero-order valence-electron chi connectivity index (χ0n) is 10.6. The normalized spacial score (nSPS) is 12.1.